The van der Waals surface area contributed by atoms with Crippen LogP contribution in [0.15, 0.2) is 18.2 Å². The minimum Gasteiger partial charge on any atom is -0.395 e. The molecule has 1 rings (SSSR count). The summed E-state index contributed by atoms with van der Waals surface area (Å²) in [4.78, 5) is 0. The summed E-state index contributed by atoms with van der Waals surface area (Å²) in [6, 6.07) is 5.26. The van der Waals surface area contributed by atoms with Crippen molar-refractivity contribution < 1.29 is 9.50 Å². The first-order valence-corrected chi connectivity index (χ1v) is 5.31. The highest BCUT2D eigenvalue weighted by atomic mass is 35.5. The average molecular weight is 231 g/mol. The molecule has 0 aliphatic heterocycles. The molecule has 0 aliphatic rings. The average Bonchev–Trinajstić information content (AvgIpc) is 2.16. The zero-order chi connectivity index (χ0) is 11.6. The first-order chi connectivity index (χ1) is 6.90. The van der Waals surface area contributed by atoms with Crippen LogP contribution in [0.2, 0.25) is 5.02 Å². The molecule has 0 spiro atoms. The van der Waals surface area contributed by atoms with Gasteiger partial charge in [-0.1, -0.05) is 37.6 Å². The second-order valence-electron chi connectivity index (χ2n) is 4.36. The molecular formula is C12H16ClFO. The van der Waals surface area contributed by atoms with E-state index in [9.17, 15) is 9.50 Å². The molecule has 15 heavy (non-hydrogen) atoms. The van der Waals surface area contributed by atoms with Crippen LogP contribution in [-0.4, -0.2) is 11.7 Å². The summed E-state index contributed by atoms with van der Waals surface area (Å²) in [5.74, 6) is 0. The van der Waals surface area contributed by atoms with Gasteiger partial charge in [-0.2, -0.15) is 0 Å². The standard InChI is InChI=1S/C12H16ClFO/c1-8(14)11-9(12(2,3)7-15)5-4-6-10(11)13/h4-6,8,15H,7H2,1-3H3. The summed E-state index contributed by atoms with van der Waals surface area (Å²) in [5, 5.41) is 9.70. The Kier molecular flexibility index (Phi) is 3.74. The van der Waals surface area contributed by atoms with Gasteiger partial charge in [0.05, 0.1) is 6.61 Å². The third-order valence-corrected chi connectivity index (χ3v) is 2.90. The van der Waals surface area contributed by atoms with Gasteiger partial charge in [-0.3, -0.25) is 0 Å². The molecule has 1 aromatic carbocycles. The molecule has 1 aromatic rings. The number of benzene rings is 1. The molecule has 3 heteroatoms. The second kappa shape index (κ2) is 4.50. The molecule has 0 aliphatic carbocycles. The number of hydrogen-bond acceptors (Lipinski definition) is 1. The van der Waals surface area contributed by atoms with Crippen LogP contribution in [0.3, 0.4) is 0 Å². The van der Waals surface area contributed by atoms with E-state index in [2.05, 4.69) is 0 Å². The Bertz CT molecular complexity index is 347. The quantitative estimate of drug-likeness (QED) is 0.841. The Morgan fingerprint density at radius 2 is 2.07 bits per heavy atom. The van der Waals surface area contributed by atoms with Gasteiger partial charge in [-0.15, -0.1) is 0 Å². The molecule has 84 valence electrons. The van der Waals surface area contributed by atoms with Crippen LogP contribution in [0.5, 0.6) is 0 Å². The van der Waals surface area contributed by atoms with E-state index in [0.717, 1.165) is 5.56 Å². The highest BCUT2D eigenvalue weighted by molar-refractivity contribution is 6.31. The fraction of sp³-hybridized carbons (Fsp3) is 0.500. The van der Waals surface area contributed by atoms with Crippen molar-refractivity contribution in [3.63, 3.8) is 0 Å². The van der Waals surface area contributed by atoms with Crippen molar-refractivity contribution in [1.82, 2.24) is 0 Å². The fourth-order valence-corrected chi connectivity index (χ4v) is 1.94. The van der Waals surface area contributed by atoms with Gasteiger partial charge in [0, 0.05) is 16.0 Å². The first kappa shape index (κ1) is 12.5. The van der Waals surface area contributed by atoms with Crippen LogP contribution in [0, 0.1) is 0 Å². The molecule has 0 bridgehead atoms. The first-order valence-electron chi connectivity index (χ1n) is 4.94. The predicted molar refractivity (Wildman–Crippen MR) is 61.1 cm³/mol. The van der Waals surface area contributed by atoms with Crippen LogP contribution in [0.4, 0.5) is 4.39 Å². The normalized spacial score (nSPS) is 14.0. The second-order valence-corrected chi connectivity index (χ2v) is 4.77. The number of alkyl halides is 1. The van der Waals surface area contributed by atoms with Crippen molar-refractivity contribution >= 4 is 11.6 Å². The van der Waals surface area contributed by atoms with Gasteiger partial charge < -0.3 is 5.11 Å². The topological polar surface area (TPSA) is 20.2 Å². The van der Waals surface area contributed by atoms with Gasteiger partial charge in [0.15, 0.2) is 0 Å². The van der Waals surface area contributed by atoms with E-state index in [-0.39, 0.29) is 6.61 Å². The highest BCUT2D eigenvalue weighted by Gasteiger charge is 2.26. The molecule has 0 radical (unpaired) electrons. The lowest BCUT2D eigenvalue weighted by Crippen LogP contribution is -2.24. The van der Waals surface area contributed by atoms with E-state index in [4.69, 9.17) is 11.6 Å². The maximum absolute atomic E-state index is 13.5. The Labute approximate surface area is 94.9 Å². The molecule has 0 fully saturated rings. The maximum atomic E-state index is 13.5. The largest absolute Gasteiger partial charge is 0.395 e. The molecule has 0 aromatic heterocycles. The SMILES string of the molecule is CC(F)c1c(Cl)cccc1C(C)(C)CO. The van der Waals surface area contributed by atoms with Crippen LogP contribution < -0.4 is 0 Å². The van der Waals surface area contributed by atoms with E-state index >= 15 is 0 Å². The van der Waals surface area contributed by atoms with E-state index in [1.807, 2.05) is 19.9 Å². The van der Waals surface area contributed by atoms with E-state index in [1.54, 1.807) is 12.1 Å². The molecule has 1 nitrogen and oxygen atoms in total. The van der Waals surface area contributed by atoms with E-state index in [0.29, 0.717) is 10.6 Å². The molecule has 1 unspecified atom stereocenters. The predicted octanol–water partition coefficient (Wildman–Crippen LogP) is 3.64. The molecule has 0 heterocycles. The minimum atomic E-state index is -1.13. The Hall–Kier alpha value is -0.600. The van der Waals surface area contributed by atoms with Gasteiger partial charge in [-0.05, 0) is 18.6 Å². The van der Waals surface area contributed by atoms with Crippen LogP contribution >= 0.6 is 11.6 Å². The number of aliphatic hydroxyl groups is 1. The number of hydrogen-bond donors (Lipinski definition) is 1. The number of rotatable bonds is 3. The summed E-state index contributed by atoms with van der Waals surface area (Å²) < 4.78 is 13.5. The van der Waals surface area contributed by atoms with Crippen molar-refractivity contribution in [2.45, 2.75) is 32.4 Å². The lowest BCUT2D eigenvalue weighted by atomic mass is 9.81. The summed E-state index contributed by atoms with van der Waals surface area (Å²) in [7, 11) is 0. The smallest absolute Gasteiger partial charge is 0.124 e. The van der Waals surface area contributed by atoms with Gasteiger partial charge in [0.25, 0.3) is 0 Å². The summed E-state index contributed by atoms with van der Waals surface area (Å²) in [5.41, 5.74) is 0.784. The molecule has 0 amide bonds. The van der Waals surface area contributed by atoms with Crippen LogP contribution in [0.1, 0.15) is 38.1 Å². The minimum absolute atomic E-state index is 0.0347. The molecule has 0 saturated carbocycles. The summed E-state index contributed by atoms with van der Waals surface area (Å²) >= 11 is 5.97. The van der Waals surface area contributed by atoms with Gasteiger partial charge in [0.1, 0.15) is 6.17 Å². The lowest BCUT2D eigenvalue weighted by Gasteiger charge is -2.26. The maximum Gasteiger partial charge on any atom is 0.124 e. The van der Waals surface area contributed by atoms with Crippen LogP contribution in [0.25, 0.3) is 0 Å². The summed E-state index contributed by atoms with van der Waals surface area (Å²) in [6.07, 6.45) is -1.13. The fourth-order valence-electron chi connectivity index (χ4n) is 1.62. The van der Waals surface area contributed by atoms with Crippen molar-refractivity contribution in [1.29, 1.82) is 0 Å². The van der Waals surface area contributed by atoms with Gasteiger partial charge >= 0.3 is 0 Å². The molecule has 1 N–H and O–H groups in total. The van der Waals surface area contributed by atoms with Crippen molar-refractivity contribution in [2.24, 2.45) is 0 Å². The third kappa shape index (κ3) is 2.50. The Morgan fingerprint density at radius 3 is 2.53 bits per heavy atom. The van der Waals surface area contributed by atoms with E-state index < -0.39 is 11.6 Å². The monoisotopic (exact) mass is 230 g/mol. The van der Waals surface area contributed by atoms with Gasteiger partial charge in [0.2, 0.25) is 0 Å². The summed E-state index contributed by atoms with van der Waals surface area (Å²) in [6.45, 7) is 5.15. The number of halogens is 2. The lowest BCUT2D eigenvalue weighted by molar-refractivity contribution is 0.215. The van der Waals surface area contributed by atoms with Crippen molar-refractivity contribution in [3.05, 3.63) is 34.3 Å². The highest BCUT2D eigenvalue weighted by Crippen LogP contribution is 2.35. The zero-order valence-corrected chi connectivity index (χ0v) is 9.98. The molecule has 0 saturated heterocycles. The van der Waals surface area contributed by atoms with Crippen LogP contribution in [-0.2, 0) is 5.41 Å². The zero-order valence-electron chi connectivity index (χ0n) is 9.22. The van der Waals surface area contributed by atoms with E-state index in [1.165, 1.54) is 6.92 Å². The van der Waals surface area contributed by atoms with Gasteiger partial charge in [-0.25, -0.2) is 4.39 Å². The van der Waals surface area contributed by atoms with Crippen molar-refractivity contribution in [2.75, 3.05) is 6.61 Å². The Morgan fingerprint density at radius 1 is 1.47 bits per heavy atom. The van der Waals surface area contributed by atoms with Crippen molar-refractivity contribution in [3.8, 4) is 0 Å². The third-order valence-electron chi connectivity index (χ3n) is 2.58. The number of aliphatic hydroxyl groups excluding tert-OH is 1. The molecular weight excluding hydrogens is 215 g/mol. The molecule has 1 atom stereocenters. The Balaban J connectivity index is 3.35.